The van der Waals surface area contributed by atoms with E-state index in [-0.39, 0.29) is 11.7 Å². The van der Waals surface area contributed by atoms with Gasteiger partial charge in [0.05, 0.1) is 18.6 Å². The van der Waals surface area contributed by atoms with Gasteiger partial charge in [-0.15, -0.1) is 11.6 Å². The van der Waals surface area contributed by atoms with Crippen LogP contribution in [0.2, 0.25) is 0 Å². The number of carbonyl (C=O) groups is 1. The van der Waals surface area contributed by atoms with Gasteiger partial charge in [-0.2, -0.15) is 0 Å². The highest BCUT2D eigenvalue weighted by atomic mass is 35.5. The Labute approximate surface area is 115 Å². The van der Waals surface area contributed by atoms with Crippen molar-refractivity contribution in [1.82, 2.24) is 0 Å². The summed E-state index contributed by atoms with van der Waals surface area (Å²) in [5.74, 6) is 0.279. The fourth-order valence-corrected chi connectivity index (χ4v) is 2.06. The summed E-state index contributed by atoms with van der Waals surface area (Å²) in [5.41, 5.74) is 2.33. The molecule has 0 radical (unpaired) electrons. The third-order valence-electron chi connectivity index (χ3n) is 2.89. The number of hydrogen-bond acceptors (Lipinski definition) is 2. The fraction of sp³-hybridized carbons (Fsp3) is 0.133. The molecule has 0 aliphatic rings. The number of carbonyl (C=O) groups excluding carboxylic acids is 1. The standard InChI is InChI=1S/C15H12ClFO2/c1-19-15-5-4-10(6-13(15)9-18)11-2-3-12(8-16)14(17)7-11/h2-7,9H,8H2,1H3. The van der Waals surface area contributed by atoms with Crippen molar-refractivity contribution in [3.8, 4) is 16.9 Å². The quantitative estimate of drug-likeness (QED) is 0.623. The van der Waals surface area contributed by atoms with Crippen LogP contribution in [-0.4, -0.2) is 13.4 Å². The van der Waals surface area contributed by atoms with Crippen LogP contribution >= 0.6 is 11.6 Å². The molecule has 2 aromatic rings. The summed E-state index contributed by atoms with van der Waals surface area (Å²) in [6.45, 7) is 0. The molecule has 0 N–H and O–H groups in total. The van der Waals surface area contributed by atoms with Crippen molar-refractivity contribution >= 4 is 17.9 Å². The SMILES string of the molecule is COc1ccc(-c2ccc(CCl)c(F)c2)cc1C=O. The van der Waals surface area contributed by atoms with Gasteiger partial charge in [-0.25, -0.2) is 4.39 Å². The molecule has 0 saturated heterocycles. The summed E-state index contributed by atoms with van der Waals surface area (Å²) in [5, 5.41) is 0. The lowest BCUT2D eigenvalue weighted by atomic mass is 10.0. The first-order valence-electron chi connectivity index (χ1n) is 5.67. The van der Waals surface area contributed by atoms with Crippen LogP contribution in [0.15, 0.2) is 36.4 Å². The minimum atomic E-state index is -0.351. The maximum atomic E-state index is 13.7. The third kappa shape index (κ3) is 2.76. The van der Waals surface area contributed by atoms with Crippen molar-refractivity contribution in [3.63, 3.8) is 0 Å². The van der Waals surface area contributed by atoms with E-state index in [2.05, 4.69) is 0 Å². The lowest BCUT2D eigenvalue weighted by Gasteiger charge is -2.08. The largest absolute Gasteiger partial charge is 0.496 e. The van der Waals surface area contributed by atoms with E-state index in [4.69, 9.17) is 16.3 Å². The number of benzene rings is 2. The van der Waals surface area contributed by atoms with Crippen LogP contribution in [0.5, 0.6) is 5.75 Å². The van der Waals surface area contributed by atoms with Crippen molar-refractivity contribution in [2.75, 3.05) is 7.11 Å². The highest BCUT2D eigenvalue weighted by Crippen LogP contribution is 2.27. The van der Waals surface area contributed by atoms with Gasteiger partial charge in [-0.05, 0) is 29.3 Å². The number of ether oxygens (including phenoxy) is 1. The lowest BCUT2D eigenvalue weighted by Crippen LogP contribution is -1.92. The molecule has 2 nitrogen and oxygen atoms in total. The number of methoxy groups -OCH3 is 1. The molecule has 0 spiro atoms. The second kappa shape index (κ2) is 5.85. The van der Waals surface area contributed by atoms with Crippen molar-refractivity contribution in [2.45, 2.75) is 5.88 Å². The van der Waals surface area contributed by atoms with Gasteiger partial charge in [0.25, 0.3) is 0 Å². The van der Waals surface area contributed by atoms with Gasteiger partial charge < -0.3 is 4.74 Å². The van der Waals surface area contributed by atoms with Gasteiger partial charge in [-0.3, -0.25) is 4.79 Å². The molecule has 0 aromatic heterocycles. The monoisotopic (exact) mass is 278 g/mol. The first-order chi connectivity index (χ1) is 9.19. The molecule has 2 rings (SSSR count). The second-order valence-electron chi connectivity index (χ2n) is 4.01. The zero-order valence-electron chi connectivity index (χ0n) is 10.3. The summed E-state index contributed by atoms with van der Waals surface area (Å²) in [6.07, 6.45) is 0.714. The van der Waals surface area contributed by atoms with E-state index in [1.165, 1.54) is 13.2 Å². The maximum absolute atomic E-state index is 13.7. The Hall–Kier alpha value is -1.87. The van der Waals surface area contributed by atoms with Gasteiger partial charge in [0.1, 0.15) is 11.6 Å². The first-order valence-corrected chi connectivity index (χ1v) is 6.21. The minimum Gasteiger partial charge on any atom is -0.496 e. The van der Waals surface area contributed by atoms with E-state index in [1.807, 2.05) is 0 Å². The molecule has 0 fully saturated rings. The summed E-state index contributed by atoms with van der Waals surface area (Å²) in [7, 11) is 1.50. The van der Waals surface area contributed by atoms with Gasteiger partial charge in [-0.1, -0.05) is 18.2 Å². The predicted octanol–water partition coefficient (Wildman–Crippen LogP) is 4.05. The molecule has 0 amide bonds. The summed E-state index contributed by atoms with van der Waals surface area (Å²) >= 11 is 5.61. The zero-order chi connectivity index (χ0) is 13.8. The van der Waals surface area contributed by atoms with Crippen LogP contribution in [-0.2, 0) is 5.88 Å². The van der Waals surface area contributed by atoms with Crippen LogP contribution in [0, 0.1) is 5.82 Å². The molecule has 0 bridgehead atoms. The highest BCUT2D eigenvalue weighted by Gasteiger charge is 2.07. The molecule has 2 aromatic carbocycles. The van der Waals surface area contributed by atoms with Crippen molar-refractivity contribution in [3.05, 3.63) is 53.3 Å². The topological polar surface area (TPSA) is 26.3 Å². The molecule has 0 atom stereocenters. The van der Waals surface area contributed by atoms with Gasteiger partial charge in [0, 0.05) is 5.56 Å². The molecule has 19 heavy (non-hydrogen) atoms. The van der Waals surface area contributed by atoms with Crippen LogP contribution < -0.4 is 4.74 Å². The Morgan fingerprint density at radius 3 is 2.47 bits per heavy atom. The molecule has 98 valence electrons. The Balaban J connectivity index is 2.47. The van der Waals surface area contributed by atoms with E-state index in [0.29, 0.717) is 28.7 Å². The Morgan fingerprint density at radius 1 is 1.21 bits per heavy atom. The van der Waals surface area contributed by atoms with E-state index in [1.54, 1.807) is 30.3 Å². The smallest absolute Gasteiger partial charge is 0.153 e. The molecule has 0 aliphatic carbocycles. The van der Waals surface area contributed by atoms with E-state index in [9.17, 15) is 9.18 Å². The molecule has 0 saturated carbocycles. The zero-order valence-corrected chi connectivity index (χ0v) is 11.1. The van der Waals surface area contributed by atoms with E-state index < -0.39 is 0 Å². The normalized spacial score (nSPS) is 10.3. The number of hydrogen-bond donors (Lipinski definition) is 0. The lowest BCUT2D eigenvalue weighted by molar-refractivity contribution is 0.112. The minimum absolute atomic E-state index is 0.133. The van der Waals surface area contributed by atoms with Gasteiger partial charge in [0.2, 0.25) is 0 Å². The van der Waals surface area contributed by atoms with E-state index >= 15 is 0 Å². The summed E-state index contributed by atoms with van der Waals surface area (Å²) in [4.78, 5) is 11.0. The van der Waals surface area contributed by atoms with Crippen LogP contribution in [0.3, 0.4) is 0 Å². The maximum Gasteiger partial charge on any atom is 0.153 e. The number of alkyl halides is 1. The van der Waals surface area contributed by atoms with Gasteiger partial charge >= 0.3 is 0 Å². The molecule has 0 aliphatic heterocycles. The predicted molar refractivity (Wildman–Crippen MR) is 73.3 cm³/mol. The highest BCUT2D eigenvalue weighted by molar-refractivity contribution is 6.17. The van der Waals surface area contributed by atoms with Crippen molar-refractivity contribution in [1.29, 1.82) is 0 Å². The van der Waals surface area contributed by atoms with Crippen molar-refractivity contribution in [2.24, 2.45) is 0 Å². The Kier molecular flexibility index (Phi) is 4.17. The average molecular weight is 279 g/mol. The summed E-state index contributed by atoms with van der Waals surface area (Å²) in [6, 6.07) is 9.96. The van der Waals surface area contributed by atoms with Crippen LogP contribution in [0.4, 0.5) is 4.39 Å². The third-order valence-corrected chi connectivity index (χ3v) is 3.17. The molecular formula is C15H12ClFO2. The number of rotatable bonds is 4. The molecule has 0 heterocycles. The van der Waals surface area contributed by atoms with E-state index in [0.717, 1.165) is 5.56 Å². The fourth-order valence-electron chi connectivity index (χ4n) is 1.84. The number of aldehydes is 1. The van der Waals surface area contributed by atoms with Crippen LogP contribution in [0.25, 0.3) is 11.1 Å². The molecule has 0 unspecified atom stereocenters. The van der Waals surface area contributed by atoms with Gasteiger partial charge in [0.15, 0.2) is 6.29 Å². The first kappa shape index (κ1) is 13.6. The molecule has 4 heteroatoms. The Bertz CT molecular complexity index is 611. The average Bonchev–Trinajstić information content (AvgIpc) is 2.46. The Morgan fingerprint density at radius 2 is 1.89 bits per heavy atom. The molecular weight excluding hydrogens is 267 g/mol. The van der Waals surface area contributed by atoms with Crippen LogP contribution in [0.1, 0.15) is 15.9 Å². The second-order valence-corrected chi connectivity index (χ2v) is 4.28. The number of halogens is 2. The van der Waals surface area contributed by atoms with Crippen molar-refractivity contribution < 1.29 is 13.9 Å². The summed E-state index contributed by atoms with van der Waals surface area (Å²) < 4.78 is 18.7.